The van der Waals surface area contributed by atoms with Gasteiger partial charge in [0.1, 0.15) is 4.83 Å². The van der Waals surface area contributed by atoms with Crippen LogP contribution in [0.4, 0.5) is 4.79 Å². The smallest absolute Gasteiger partial charge is 0.333 e. The van der Waals surface area contributed by atoms with Gasteiger partial charge in [-0.2, -0.15) is 15.7 Å². The van der Waals surface area contributed by atoms with E-state index >= 15 is 0 Å². The molecule has 0 unspecified atom stereocenters. The molecule has 0 radical (unpaired) electrons. The van der Waals surface area contributed by atoms with E-state index in [1.807, 2.05) is 23.9 Å². The lowest BCUT2D eigenvalue weighted by atomic mass is 10.1. The number of hydrogen-bond donors (Lipinski definition) is 1. The van der Waals surface area contributed by atoms with E-state index in [0.29, 0.717) is 16.8 Å². The molecule has 6 nitrogen and oxygen atoms in total. The van der Waals surface area contributed by atoms with E-state index in [1.54, 1.807) is 18.3 Å². The number of fused-ring (bicyclic) bond motifs is 1. The molecular weight excluding hydrogens is 380 g/mol. The van der Waals surface area contributed by atoms with Crippen LogP contribution in [0.3, 0.4) is 0 Å². The van der Waals surface area contributed by atoms with E-state index < -0.39 is 6.03 Å². The molecule has 27 heavy (non-hydrogen) atoms. The van der Waals surface area contributed by atoms with Crippen LogP contribution in [0.15, 0.2) is 47.4 Å². The highest BCUT2D eigenvalue weighted by atomic mass is 32.2. The van der Waals surface area contributed by atoms with Gasteiger partial charge in [0.15, 0.2) is 0 Å². The maximum Gasteiger partial charge on any atom is 0.338 e. The normalized spacial score (nSPS) is 15.1. The van der Waals surface area contributed by atoms with E-state index in [-0.39, 0.29) is 5.56 Å². The van der Waals surface area contributed by atoms with Gasteiger partial charge < -0.3 is 5.32 Å². The average Bonchev–Trinajstić information content (AvgIpc) is 3.05. The van der Waals surface area contributed by atoms with Crippen LogP contribution < -0.4 is 10.9 Å². The van der Waals surface area contributed by atoms with Gasteiger partial charge in [0.05, 0.1) is 5.39 Å². The minimum absolute atomic E-state index is 0.323. The molecule has 1 N–H and O–H groups in total. The minimum Gasteiger partial charge on any atom is -0.333 e. The second-order valence-corrected chi connectivity index (χ2v) is 8.57. The fraction of sp³-hybridized carbons (Fsp3) is 0.316. The van der Waals surface area contributed by atoms with Gasteiger partial charge in [0.2, 0.25) is 0 Å². The van der Waals surface area contributed by atoms with E-state index in [4.69, 9.17) is 0 Å². The van der Waals surface area contributed by atoms with Gasteiger partial charge in [-0.15, -0.1) is 0 Å². The highest BCUT2D eigenvalue weighted by molar-refractivity contribution is 7.99. The summed E-state index contributed by atoms with van der Waals surface area (Å²) in [5.74, 6) is 2.41. The summed E-state index contributed by atoms with van der Waals surface area (Å²) >= 11 is 3.07. The number of carbonyl (C=O) groups excluding carboxylic acids is 1. The van der Waals surface area contributed by atoms with E-state index in [2.05, 4.69) is 27.3 Å². The molecule has 1 amide bonds. The second kappa shape index (κ2) is 8.24. The summed E-state index contributed by atoms with van der Waals surface area (Å²) in [6.45, 7) is 3.63. The van der Waals surface area contributed by atoms with E-state index in [9.17, 15) is 9.59 Å². The zero-order chi connectivity index (χ0) is 18.6. The molecule has 0 aliphatic carbocycles. The number of benzene rings is 1. The van der Waals surface area contributed by atoms with Crippen molar-refractivity contribution in [3.05, 3.63) is 64.1 Å². The van der Waals surface area contributed by atoms with Gasteiger partial charge in [-0.3, -0.25) is 9.69 Å². The summed E-state index contributed by atoms with van der Waals surface area (Å²) in [4.78, 5) is 31.8. The zero-order valence-electron chi connectivity index (χ0n) is 14.8. The molecule has 1 fully saturated rings. The van der Waals surface area contributed by atoms with Gasteiger partial charge in [-0.25, -0.2) is 9.78 Å². The van der Waals surface area contributed by atoms with Crippen molar-refractivity contribution in [1.82, 2.24) is 19.2 Å². The first-order valence-corrected chi connectivity index (χ1v) is 10.8. The topological polar surface area (TPSA) is 67.2 Å². The maximum atomic E-state index is 12.4. The number of aromatic nitrogens is 2. The van der Waals surface area contributed by atoms with Crippen molar-refractivity contribution in [2.75, 3.05) is 24.6 Å². The van der Waals surface area contributed by atoms with E-state index in [1.165, 1.54) is 17.1 Å². The van der Waals surface area contributed by atoms with Crippen LogP contribution in [0.5, 0.6) is 0 Å². The van der Waals surface area contributed by atoms with Crippen molar-refractivity contribution >= 4 is 39.5 Å². The number of nitrogens with one attached hydrogen (secondary N) is 1. The zero-order valence-corrected chi connectivity index (χ0v) is 16.4. The van der Waals surface area contributed by atoms with Crippen LogP contribution in [0.2, 0.25) is 0 Å². The van der Waals surface area contributed by atoms with Crippen molar-refractivity contribution in [1.29, 1.82) is 0 Å². The number of pyridine rings is 1. The Bertz CT molecular complexity index is 991. The molecule has 3 aromatic rings. The van der Waals surface area contributed by atoms with Crippen LogP contribution in [0.1, 0.15) is 11.1 Å². The molecular formula is C19H20N4O2S2. The monoisotopic (exact) mass is 400 g/mol. The van der Waals surface area contributed by atoms with Crippen molar-refractivity contribution in [2.24, 2.45) is 0 Å². The average molecular weight is 401 g/mol. The third-order valence-corrected chi connectivity index (χ3v) is 6.48. The Hall–Kier alpha value is -2.16. The summed E-state index contributed by atoms with van der Waals surface area (Å²) < 4.78 is 1.13. The number of amides is 1. The number of rotatable bonds is 4. The van der Waals surface area contributed by atoms with Crippen molar-refractivity contribution in [2.45, 2.75) is 13.1 Å². The summed E-state index contributed by atoms with van der Waals surface area (Å²) in [5, 5.41) is 3.28. The molecule has 0 spiro atoms. The van der Waals surface area contributed by atoms with Gasteiger partial charge >= 0.3 is 6.03 Å². The molecule has 4 rings (SSSR count). The Morgan fingerprint density at radius 2 is 1.85 bits per heavy atom. The van der Waals surface area contributed by atoms with Gasteiger partial charge in [-0.1, -0.05) is 24.3 Å². The van der Waals surface area contributed by atoms with E-state index in [0.717, 1.165) is 40.7 Å². The van der Waals surface area contributed by atoms with Crippen LogP contribution in [0.25, 0.3) is 10.2 Å². The first kappa shape index (κ1) is 18.2. The quantitative estimate of drug-likeness (QED) is 0.729. The fourth-order valence-electron chi connectivity index (χ4n) is 3.03. The maximum absolute atomic E-state index is 12.4. The number of nitrogens with zero attached hydrogens (tertiary/aromatic N) is 3. The Morgan fingerprint density at radius 3 is 2.59 bits per heavy atom. The molecule has 3 heterocycles. The Morgan fingerprint density at radius 1 is 1.11 bits per heavy atom. The number of hydrogen-bond acceptors (Lipinski definition) is 6. The first-order chi connectivity index (χ1) is 13.2. The molecule has 0 saturated carbocycles. The molecule has 0 atom stereocenters. The summed E-state index contributed by atoms with van der Waals surface area (Å²) in [7, 11) is 0. The predicted octanol–water partition coefficient (Wildman–Crippen LogP) is 2.76. The lowest BCUT2D eigenvalue weighted by molar-refractivity contribution is 0.243. The van der Waals surface area contributed by atoms with Gasteiger partial charge in [-0.05, 0) is 34.8 Å². The van der Waals surface area contributed by atoms with Crippen LogP contribution in [-0.2, 0) is 13.1 Å². The van der Waals surface area contributed by atoms with Crippen LogP contribution in [0, 0.1) is 0 Å². The molecule has 1 saturated heterocycles. The predicted molar refractivity (Wildman–Crippen MR) is 111 cm³/mol. The lowest BCUT2D eigenvalue weighted by Gasteiger charge is -2.26. The van der Waals surface area contributed by atoms with Crippen molar-refractivity contribution in [3.63, 3.8) is 0 Å². The molecule has 1 aliphatic heterocycles. The highest BCUT2D eigenvalue weighted by Gasteiger charge is 2.14. The SMILES string of the molecule is O=C(NCc1ccc(CN2CCSCC2)cc1)n1sc2ncccc2c1=O. The highest BCUT2D eigenvalue weighted by Crippen LogP contribution is 2.14. The molecule has 1 aliphatic rings. The molecule has 0 bridgehead atoms. The van der Waals surface area contributed by atoms with Crippen molar-refractivity contribution < 1.29 is 4.79 Å². The van der Waals surface area contributed by atoms with Crippen LogP contribution in [-0.4, -0.2) is 44.5 Å². The third kappa shape index (κ3) is 4.23. The van der Waals surface area contributed by atoms with Gasteiger partial charge in [0, 0.05) is 43.9 Å². The van der Waals surface area contributed by atoms with Crippen LogP contribution >= 0.6 is 23.3 Å². The molecule has 8 heteroatoms. The summed E-state index contributed by atoms with van der Waals surface area (Å²) in [5.41, 5.74) is 1.97. The summed E-state index contributed by atoms with van der Waals surface area (Å²) in [6, 6.07) is 11.2. The molecule has 2 aromatic heterocycles. The standard InChI is InChI=1S/C19H20N4O2S2/c24-18-16-2-1-7-20-17(16)27-23(18)19(25)21-12-14-3-5-15(6-4-14)13-22-8-10-26-11-9-22/h1-7H,8-13H2,(H,21,25). The largest absolute Gasteiger partial charge is 0.338 e. The summed E-state index contributed by atoms with van der Waals surface area (Å²) in [6.07, 6.45) is 1.62. The Labute approximate surface area is 165 Å². The molecule has 1 aromatic carbocycles. The first-order valence-electron chi connectivity index (χ1n) is 8.84. The number of thioether (sulfide) groups is 1. The Kier molecular flexibility index (Phi) is 5.56. The second-order valence-electron chi connectivity index (χ2n) is 6.41. The lowest BCUT2D eigenvalue weighted by Crippen LogP contribution is -2.32. The fourth-order valence-corrected chi connectivity index (χ4v) is 4.87. The Balaban J connectivity index is 1.37. The van der Waals surface area contributed by atoms with Gasteiger partial charge in [0.25, 0.3) is 5.56 Å². The molecule has 140 valence electrons. The van der Waals surface area contributed by atoms with Crippen molar-refractivity contribution in [3.8, 4) is 0 Å². The minimum atomic E-state index is -0.419. The number of carbonyl (C=O) groups is 1. The third-order valence-electron chi connectivity index (χ3n) is 4.52.